The minimum Gasteiger partial charge on any atom is -0.506 e. The summed E-state index contributed by atoms with van der Waals surface area (Å²) in [6, 6.07) is 1.61. The van der Waals surface area contributed by atoms with Gasteiger partial charge in [-0.05, 0) is 34.7 Å². The molecule has 1 fully saturated rings. The Hall–Kier alpha value is -1.18. The smallest absolute Gasteiger partial charge is 0.271 e. The summed E-state index contributed by atoms with van der Waals surface area (Å²) >= 11 is 3.09. The number of nitrogens with two attached hydrogens (primary N) is 1. The molecule has 116 valence electrons. The number of nitrogens with zero attached hydrogens (tertiary/aromatic N) is 1. The number of hydrogen-bond donors (Lipinski definition) is 3. The Kier molecular flexibility index (Phi) is 5.18. The number of phenols is 1. The summed E-state index contributed by atoms with van der Waals surface area (Å²) in [6.45, 7) is 0. The number of phenolic OH excluding ortho intramolecular Hbond substituents is 1. The van der Waals surface area contributed by atoms with Crippen molar-refractivity contribution in [2.24, 2.45) is 11.7 Å². The molecule has 2 atom stereocenters. The Balaban J connectivity index is 2.28. The Morgan fingerprint density at radius 3 is 2.52 bits per heavy atom. The van der Waals surface area contributed by atoms with Gasteiger partial charge in [0.25, 0.3) is 5.69 Å². The molecule has 0 aliphatic heterocycles. The van der Waals surface area contributed by atoms with E-state index < -0.39 is 17.1 Å². The second-order valence-electron chi connectivity index (χ2n) is 5.54. The average molecular weight is 359 g/mol. The van der Waals surface area contributed by atoms with Gasteiger partial charge in [0.1, 0.15) is 5.75 Å². The molecular formula is C14H19BrN2O4. The Bertz CT molecular complexity index is 532. The number of nitro groups is 1. The van der Waals surface area contributed by atoms with E-state index in [9.17, 15) is 20.3 Å². The van der Waals surface area contributed by atoms with E-state index in [2.05, 4.69) is 15.9 Å². The lowest BCUT2D eigenvalue weighted by Crippen LogP contribution is -2.34. The van der Waals surface area contributed by atoms with Gasteiger partial charge in [-0.1, -0.05) is 19.3 Å². The third-order valence-corrected chi connectivity index (χ3v) is 4.75. The van der Waals surface area contributed by atoms with Crippen LogP contribution < -0.4 is 5.73 Å². The third-order valence-electron chi connectivity index (χ3n) is 4.15. The van der Waals surface area contributed by atoms with Crippen LogP contribution in [-0.4, -0.2) is 21.2 Å². The average Bonchev–Trinajstić information content (AvgIpc) is 2.49. The quantitative estimate of drug-likeness (QED) is 0.566. The first kappa shape index (κ1) is 16.2. The van der Waals surface area contributed by atoms with Crippen LogP contribution in [0.4, 0.5) is 5.69 Å². The Morgan fingerprint density at radius 1 is 1.33 bits per heavy atom. The number of hydrogen-bond acceptors (Lipinski definition) is 5. The minimum atomic E-state index is -0.843. The van der Waals surface area contributed by atoms with E-state index >= 15 is 0 Å². The first-order valence-corrected chi connectivity index (χ1v) is 7.81. The molecule has 1 aliphatic rings. The highest BCUT2D eigenvalue weighted by molar-refractivity contribution is 9.10. The zero-order valence-electron chi connectivity index (χ0n) is 11.5. The summed E-state index contributed by atoms with van der Waals surface area (Å²) in [5, 5.41) is 31.4. The molecule has 1 aliphatic carbocycles. The van der Waals surface area contributed by atoms with Crippen molar-refractivity contribution in [3.05, 3.63) is 32.3 Å². The highest BCUT2D eigenvalue weighted by Gasteiger charge is 2.30. The molecule has 7 heteroatoms. The van der Waals surface area contributed by atoms with E-state index in [1.165, 1.54) is 12.1 Å². The molecule has 0 amide bonds. The molecule has 1 saturated carbocycles. The van der Waals surface area contributed by atoms with Crippen molar-refractivity contribution in [3.63, 3.8) is 0 Å². The molecule has 0 radical (unpaired) electrons. The lowest BCUT2D eigenvalue weighted by molar-refractivity contribution is -0.385. The molecule has 0 unspecified atom stereocenters. The summed E-state index contributed by atoms with van der Waals surface area (Å²) < 4.78 is 0.206. The summed E-state index contributed by atoms with van der Waals surface area (Å²) in [6.07, 6.45) is 4.24. The summed E-state index contributed by atoms with van der Waals surface area (Å²) in [5.41, 5.74) is 6.09. The maximum Gasteiger partial charge on any atom is 0.271 e. The van der Waals surface area contributed by atoms with Crippen molar-refractivity contribution in [1.82, 2.24) is 0 Å². The van der Waals surface area contributed by atoms with Gasteiger partial charge in [-0.15, -0.1) is 0 Å². The monoisotopic (exact) mass is 358 g/mol. The Labute approximate surface area is 131 Å². The molecule has 2 rings (SSSR count). The number of aliphatic hydroxyl groups is 1. The van der Waals surface area contributed by atoms with Gasteiger partial charge >= 0.3 is 0 Å². The summed E-state index contributed by atoms with van der Waals surface area (Å²) in [5.74, 6) is -0.0749. The molecule has 0 spiro atoms. The molecule has 0 heterocycles. The van der Waals surface area contributed by atoms with Crippen LogP contribution in [0, 0.1) is 16.0 Å². The molecule has 21 heavy (non-hydrogen) atoms. The van der Waals surface area contributed by atoms with Crippen LogP contribution in [0.15, 0.2) is 16.6 Å². The minimum absolute atomic E-state index is 0.0752. The number of aromatic hydroxyl groups is 1. The van der Waals surface area contributed by atoms with Crippen molar-refractivity contribution < 1.29 is 15.1 Å². The maximum atomic E-state index is 10.9. The SMILES string of the molecule is N[C@H](c1cc([N+](=O)[O-])cc(Br)c1O)[C@@H](O)C1CCCCC1. The lowest BCUT2D eigenvalue weighted by Gasteiger charge is -2.30. The topological polar surface area (TPSA) is 110 Å². The van der Waals surface area contributed by atoms with Gasteiger partial charge in [0.05, 0.1) is 21.5 Å². The van der Waals surface area contributed by atoms with Crippen molar-refractivity contribution >= 4 is 21.6 Å². The van der Waals surface area contributed by atoms with Crippen LogP contribution in [0.2, 0.25) is 0 Å². The van der Waals surface area contributed by atoms with Crippen LogP contribution in [0.3, 0.4) is 0 Å². The van der Waals surface area contributed by atoms with Crippen LogP contribution in [0.25, 0.3) is 0 Å². The van der Waals surface area contributed by atoms with Gasteiger partial charge in [-0.2, -0.15) is 0 Å². The molecular weight excluding hydrogens is 340 g/mol. The van der Waals surface area contributed by atoms with Crippen LogP contribution in [0.1, 0.15) is 43.7 Å². The summed E-state index contributed by atoms with van der Waals surface area (Å²) in [4.78, 5) is 10.4. The van der Waals surface area contributed by atoms with E-state index in [1.54, 1.807) is 0 Å². The number of non-ortho nitro benzene ring substituents is 1. The molecule has 6 nitrogen and oxygen atoms in total. The number of aliphatic hydroxyl groups excluding tert-OH is 1. The lowest BCUT2D eigenvalue weighted by atomic mass is 9.81. The fraction of sp³-hybridized carbons (Fsp3) is 0.571. The van der Waals surface area contributed by atoms with E-state index in [4.69, 9.17) is 5.73 Å². The second-order valence-corrected chi connectivity index (χ2v) is 6.39. The molecule has 0 aromatic heterocycles. The van der Waals surface area contributed by atoms with Crippen LogP contribution in [-0.2, 0) is 0 Å². The number of rotatable bonds is 4. The fourth-order valence-electron chi connectivity index (χ4n) is 2.92. The van der Waals surface area contributed by atoms with Crippen LogP contribution >= 0.6 is 15.9 Å². The normalized spacial score (nSPS) is 19.2. The number of benzene rings is 1. The molecule has 1 aromatic rings. The van der Waals surface area contributed by atoms with Crippen molar-refractivity contribution in [2.75, 3.05) is 0 Å². The van der Waals surface area contributed by atoms with Crippen molar-refractivity contribution in [3.8, 4) is 5.75 Å². The fourth-order valence-corrected chi connectivity index (χ4v) is 3.38. The van der Waals surface area contributed by atoms with E-state index in [-0.39, 0.29) is 27.4 Å². The zero-order valence-corrected chi connectivity index (χ0v) is 13.1. The van der Waals surface area contributed by atoms with E-state index in [0.29, 0.717) is 0 Å². The zero-order chi connectivity index (χ0) is 15.6. The van der Waals surface area contributed by atoms with Crippen LogP contribution in [0.5, 0.6) is 5.75 Å². The molecule has 1 aromatic carbocycles. The predicted octanol–water partition coefficient (Wildman–Crippen LogP) is 3.00. The first-order chi connectivity index (χ1) is 9.91. The van der Waals surface area contributed by atoms with Gasteiger partial charge in [0.15, 0.2) is 0 Å². The van der Waals surface area contributed by atoms with Gasteiger partial charge in [-0.25, -0.2) is 0 Å². The Morgan fingerprint density at radius 2 is 1.95 bits per heavy atom. The predicted molar refractivity (Wildman–Crippen MR) is 82.0 cm³/mol. The largest absolute Gasteiger partial charge is 0.506 e. The highest BCUT2D eigenvalue weighted by atomic mass is 79.9. The third kappa shape index (κ3) is 3.53. The van der Waals surface area contributed by atoms with Gasteiger partial charge in [0.2, 0.25) is 0 Å². The van der Waals surface area contributed by atoms with Gasteiger partial charge in [-0.3, -0.25) is 10.1 Å². The standard InChI is InChI=1S/C14H19BrN2O4/c15-11-7-9(17(20)21)6-10(14(11)19)12(16)13(18)8-4-2-1-3-5-8/h6-8,12-13,18-19H,1-5,16H2/t12-,13+/m1/s1. The van der Waals surface area contributed by atoms with E-state index in [0.717, 1.165) is 32.1 Å². The number of halogens is 1. The molecule has 4 N–H and O–H groups in total. The molecule has 0 saturated heterocycles. The van der Waals surface area contributed by atoms with E-state index in [1.807, 2.05) is 0 Å². The van der Waals surface area contributed by atoms with Crippen molar-refractivity contribution in [2.45, 2.75) is 44.2 Å². The van der Waals surface area contributed by atoms with Gasteiger partial charge < -0.3 is 15.9 Å². The number of nitro benzene ring substituents is 1. The molecule has 0 bridgehead atoms. The first-order valence-electron chi connectivity index (χ1n) is 7.02. The highest BCUT2D eigenvalue weighted by Crippen LogP contribution is 2.39. The van der Waals surface area contributed by atoms with Gasteiger partial charge in [0, 0.05) is 17.7 Å². The maximum absolute atomic E-state index is 10.9. The van der Waals surface area contributed by atoms with Crippen molar-refractivity contribution in [1.29, 1.82) is 0 Å². The summed E-state index contributed by atoms with van der Waals surface area (Å²) in [7, 11) is 0. The second kappa shape index (κ2) is 6.72.